The summed E-state index contributed by atoms with van der Waals surface area (Å²) in [7, 11) is 0. The number of benzene rings is 1. The highest BCUT2D eigenvalue weighted by atomic mass is 32.1. The van der Waals surface area contributed by atoms with Gasteiger partial charge in [-0.15, -0.1) is 11.3 Å². The van der Waals surface area contributed by atoms with E-state index in [2.05, 4.69) is 15.6 Å². The van der Waals surface area contributed by atoms with Gasteiger partial charge in [0.25, 0.3) is 0 Å². The second-order valence-corrected chi connectivity index (χ2v) is 6.87. The zero-order valence-electron chi connectivity index (χ0n) is 13.6. The molecule has 2 N–H and O–H groups in total. The Hall–Kier alpha value is -2.42. The molecule has 0 aliphatic heterocycles. The van der Waals surface area contributed by atoms with Crippen LogP contribution in [0.25, 0.3) is 10.6 Å². The lowest BCUT2D eigenvalue weighted by Gasteiger charge is -2.06. The largest absolute Gasteiger partial charge is 0.416 e. The zero-order chi connectivity index (χ0) is 18.7. The van der Waals surface area contributed by atoms with Gasteiger partial charge in [0, 0.05) is 17.0 Å². The summed E-state index contributed by atoms with van der Waals surface area (Å²) in [5.41, 5.74) is 0.338. The molecule has 3 rings (SSSR count). The van der Waals surface area contributed by atoms with E-state index in [-0.39, 0.29) is 30.8 Å². The minimum atomic E-state index is -4.38. The van der Waals surface area contributed by atoms with Crippen LogP contribution in [0.5, 0.6) is 0 Å². The number of alkyl halides is 3. The topological polar surface area (TPSA) is 71.1 Å². The molecule has 1 heterocycles. The van der Waals surface area contributed by atoms with Crippen LogP contribution in [0.2, 0.25) is 0 Å². The molecule has 0 atom stereocenters. The predicted molar refractivity (Wildman–Crippen MR) is 90.4 cm³/mol. The lowest BCUT2D eigenvalue weighted by molar-refractivity contribution is -0.137. The van der Waals surface area contributed by atoms with Crippen molar-refractivity contribution in [1.82, 2.24) is 15.6 Å². The van der Waals surface area contributed by atoms with Crippen LogP contribution in [-0.2, 0) is 22.2 Å². The van der Waals surface area contributed by atoms with Crippen LogP contribution in [0.3, 0.4) is 0 Å². The van der Waals surface area contributed by atoms with E-state index in [1.165, 1.54) is 23.5 Å². The van der Waals surface area contributed by atoms with Gasteiger partial charge in [0.1, 0.15) is 5.01 Å². The maximum absolute atomic E-state index is 12.6. The third-order valence-corrected chi connectivity index (χ3v) is 4.68. The molecule has 138 valence electrons. The fourth-order valence-corrected chi connectivity index (χ4v) is 3.06. The molecule has 1 fully saturated rings. The monoisotopic (exact) mass is 383 g/mol. The first-order valence-electron chi connectivity index (χ1n) is 7.99. The summed E-state index contributed by atoms with van der Waals surface area (Å²) in [6.45, 7) is -0.0781. The summed E-state index contributed by atoms with van der Waals surface area (Å²) in [5.74, 6) is -0.551. The van der Waals surface area contributed by atoms with Crippen LogP contribution < -0.4 is 10.6 Å². The average molecular weight is 383 g/mol. The Morgan fingerprint density at radius 2 is 1.85 bits per heavy atom. The zero-order valence-corrected chi connectivity index (χ0v) is 14.4. The number of hydrogen-bond acceptors (Lipinski definition) is 4. The van der Waals surface area contributed by atoms with E-state index in [0.717, 1.165) is 25.0 Å². The fourth-order valence-electron chi connectivity index (χ4n) is 2.23. The van der Waals surface area contributed by atoms with Gasteiger partial charge in [-0.3, -0.25) is 9.59 Å². The average Bonchev–Trinajstić information content (AvgIpc) is 3.28. The normalized spacial score (nSPS) is 14.1. The van der Waals surface area contributed by atoms with Gasteiger partial charge in [0.2, 0.25) is 11.8 Å². The molecule has 1 aliphatic rings. The highest BCUT2D eigenvalue weighted by Crippen LogP contribution is 2.31. The van der Waals surface area contributed by atoms with E-state index >= 15 is 0 Å². The quantitative estimate of drug-likeness (QED) is 0.806. The molecule has 1 aromatic heterocycles. The number of hydrogen-bond donors (Lipinski definition) is 2. The smallest absolute Gasteiger partial charge is 0.352 e. The van der Waals surface area contributed by atoms with E-state index in [4.69, 9.17) is 0 Å². The highest BCUT2D eigenvalue weighted by molar-refractivity contribution is 7.13. The Balaban J connectivity index is 1.53. The molecule has 0 saturated heterocycles. The minimum absolute atomic E-state index is 0.00778. The van der Waals surface area contributed by atoms with E-state index in [0.29, 0.717) is 16.3 Å². The van der Waals surface area contributed by atoms with Crippen molar-refractivity contribution in [1.29, 1.82) is 0 Å². The lowest BCUT2D eigenvalue weighted by Crippen LogP contribution is -2.38. The van der Waals surface area contributed by atoms with Crippen molar-refractivity contribution in [3.05, 3.63) is 40.9 Å². The Kier molecular flexibility index (Phi) is 5.26. The minimum Gasteiger partial charge on any atom is -0.352 e. The molecule has 5 nitrogen and oxygen atoms in total. The van der Waals surface area contributed by atoms with Crippen molar-refractivity contribution in [2.45, 2.75) is 31.5 Å². The summed E-state index contributed by atoms with van der Waals surface area (Å²) in [4.78, 5) is 27.7. The van der Waals surface area contributed by atoms with Crippen LogP contribution in [-0.4, -0.2) is 29.4 Å². The van der Waals surface area contributed by atoms with Crippen molar-refractivity contribution >= 4 is 23.2 Å². The number of nitrogens with zero attached hydrogens (tertiary/aromatic N) is 1. The van der Waals surface area contributed by atoms with Crippen LogP contribution in [0, 0.1) is 0 Å². The Labute approximate surface area is 151 Å². The van der Waals surface area contributed by atoms with Crippen LogP contribution in [0.15, 0.2) is 29.6 Å². The van der Waals surface area contributed by atoms with Crippen molar-refractivity contribution < 1.29 is 22.8 Å². The standard InChI is InChI=1S/C17H16F3N3O2S/c18-17(19,20)11-3-1-10(2-4-11)16-23-13(9-26-16)7-14(24)21-8-15(25)22-12-5-6-12/h1-4,9,12H,5-8H2,(H,21,24)(H,22,25). The Bertz CT molecular complexity index is 798. The van der Waals surface area contributed by atoms with Crippen LogP contribution in [0.4, 0.5) is 13.2 Å². The number of nitrogens with one attached hydrogen (secondary N) is 2. The van der Waals surface area contributed by atoms with Gasteiger partial charge in [-0.05, 0) is 25.0 Å². The molecule has 2 amide bonds. The molecular weight excluding hydrogens is 367 g/mol. The maximum atomic E-state index is 12.6. The van der Waals surface area contributed by atoms with E-state index < -0.39 is 11.7 Å². The third-order valence-electron chi connectivity index (χ3n) is 3.74. The SMILES string of the molecule is O=C(Cc1csc(-c2ccc(C(F)(F)F)cc2)n1)NCC(=O)NC1CC1. The summed E-state index contributed by atoms with van der Waals surface area (Å²) >= 11 is 1.25. The lowest BCUT2D eigenvalue weighted by atomic mass is 10.1. The third kappa shape index (κ3) is 5.04. The van der Waals surface area contributed by atoms with Crippen LogP contribution >= 0.6 is 11.3 Å². The van der Waals surface area contributed by atoms with Gasteiger partial charge in [-0.1, -0.05) is 12.1 Å². The number of rotatable bonds is 6. The summed E-state index contributed by atoms with van der Waals surface area (Å²) in [6.07, 6.45) is -2.42. The molecule has 0 bridgehead atoms. The predicted octanol–water partition coefficient (Wildman–Crippen LogP) is 2.77. The maximum Gasteiger partial charge on any atom is 0.416 e. The number of thiazole rings is 1. The Morgan fingerprint density at radius 1 is 1.15 bits per heavy atom. The number of amides is 2. The molecule has 2 aromatic rings. The first kappa shape index (κ1) is 18.4. The van der Waals surface area contributed by atoms with Gasteiger partial charge in [0.05, 0.1) is 24.2 Å². The molecule has 1 aromatic carbocycles. The summed E-state index contributed by atoms with van der Waals surface area (Å²) in [6, 6.07) is 4.95. The first-order valence-corrected chi connectivity index (χ1v) is 8.87. The van der Waals surface area contributed by atoms with E-state index in [1.54, 1.807) is 5.38 Å². The molecule has 1 saturated carbocycles. The van der Waals surface area contributed by atoms with Gasteiger partial charge in [-0.2, -0.15) is 13.2 Å². The first-order chi connectivity index (χ1) is 12.3. The number of aromatic nitrogens is 1. The van der Waals surface area contributed by atoms with E-state index in [1.807, 2.05) is 0 Å². The molecule has 9 heteroatoms. The second kappa shape index (κ2) is 7.45. The number of carbonyl (C=O) groups excluding carboxylic acids is 2. The molecular formula is C17H16F3N3O2S. The fraction of sp³-hybridized carbons (Fsp3) is 0.353. The van der Waals surface area contributed by atoms with E-state index in [9.17, 15) is 22.8 Å². The van der Waals surface area contributed by atoms with Gasteiger partial charge < -0.3 is 10.6 Å². The molecule has 0 unspecified atom stereocenters. The van der Waals surface area contributed by atoms with Gasteiger partial charge in [0.15, 0.2) is 0 Å². The number of carbonyl (C=O) groups is 2. The summed E-state index contributed by atoms with van der Waals surface area (Å²) < 4.78 is 37.8. The second-order valence-electron chi connectivity index (χ2n) is 6.01. The molecule has 0 spiro atoms. The number of halogens is 3. The molecule has 1 aliphatic carbocycles. The van der Waals surface area contributed by atoms with Gasteiger partial charge >= 0.3 is 6.18 Å². The van der Waals surface area contributed by atoms with Gasteiger partial charge in [-0.25, -0.2) is 4.98 Å². The summed E-state index contributed by atoms with van der Waals surface area (Å²) in [5, 5.41) is 7.50. The molecule has 26 heavy (non-hydrogen) atoms. The van der Waals surface area contributed by atoms with Crippen molar-refractivity contribution in [3.63, 3.8) is 0 Å². The van der Waals surface area contributed by atoms with Crippen LogP contribution in [0.1, 0.15) is 24.1 Å². The Morgan fingerprint density at radius 3 is 2.46 bits per heavy atom. The van der Waals surface area contributed by atoms with Crippen molar-refractivity contribution in [2.24, 2.45) is 0 Å². The van der Waals surface area contributed by atoms with Crippen molar-refractivity contribution in [2.75, 3.05) is 6.54 Å². The molecule has 0 radical (unpaired) electrons. The highest BCUT2D eigenvalue weighted by Gasteiger charge is 2.30. The van der Waals surface area contributed by atoms with Crippen molar-refractivity contribution in [3.8, 4) is 10.6 Å².